The summed E-state index contributed by atoms with van der Waals surface area (Å²) >= 11 is 1.62. The Bertz CT molecular complexity index is 472. The van der Waals surface area contributed by atoms with Crippen LogP contribution in [0.1, 0.15) is 17.5 Å². The predicted octanol–water partition coefficient (Wildman–Crippen LogP) is 2.80. The summed E-state index contributed by atoms with van der Waals surface area (Å²) in [6.07, 6.45) is -3.85. The fourth-order valence-electron chi connectivity index (χ4n) is 2.05. The molecule has 0 aromatic heterocycles. The molecule has 1 unspecified atom stereocenters. The molecule has 7 heteroatoms. The first-order valence-corrected chi connectivity index (χ1v) is 7.32. The molecule has 1 aromatic carbocycles. The van der Waals surface area contributed by atoms with Crippen LogP contribution in [-0.4, -0.2) is 28.8 Å². The maximum Gasteiger partial charge on any atom is 0.416 e. The fraction of sp³-hybridized carbons (Fsp3) is 0.538. The van der Waals surface area contributed by atoms with E-state index in [-0.39, 0.29) is 18.7 Å². The number of thioether (sulfide) groups is 1. The first-order chi connectivity index (χ1) is 9.30. The van der Waals surface area contributed by atoms with Crippen LogP contribution >= 0.6 is 11.8 Å². The minimum atomic E-state index is -4.48. The van der Waals surface area contributed by atoms with E-state index in [0.29, 0.717) is 12.2 Å². The number of hydrogen-bond donors (Lipinski definition) is 2. The molecule has 0 radical (unpaired) electrons. The van der Waals surface area contributed by atoms with Gasteiger partial charge in [0.05, 0.1) is 11.2 Å². The molecule has 1 aliphatic heterocycles. The normalized spacial score (nSPS) is 23.2. The number of rotatable bonds is 4. The average molecular weight is 309 g/mol. The molecule has 1 aromatic rings. The molecule has 0 spiro atoms. The van der Waals surface area contributed by atoms with Gasteiger partial charge in [-0.25, -0.2) is 4.39 Å². The van der Waals surface area contributed by atoms with E-state index in [1.165, 1.54) is 0 Å². The van der Waals surface area contributed by atoms with E-state index in [1.807, 2.05) is 0 Å². The van der Waals surface area contributed by atoms with Crippen molar-refractivity contribution >= 4 is 11.8 Å². The smallest absolute Gasteiger partial charge is 0.388 e. The Hall–Kier alpha value is -0.790. The molecule has 0 saturated carbocycles. The molecule has 1 saturated heterocycles. The van der Waals surface area contributed by atoms with Crippen LogP contribution in [0.15, 0.2) is 18.2 Å². The zero-order valence-corrected chi connectivity index (χ0v) is 11.5. The lowest BCUT2D eigenvalue weighted by molar-refractivity contribution is -0.137. The van der Waals surface area contributed by atoms with E-state index < -0.39 is 23.2 Å². The van der Waals surface area contributed by atoms with Crippen LogP contribution < -0.4 is 5.32 Å². The van der Waals surface area contributed by atoms with Crippen LogP contribution in [0.25, 0.3) is 0 Å². The van der Waals surface area contributed by atoms with Gasteiger partial charge in [0.2, 0.25) is 0 Å². The summed E-state index contributed by atoms with van der Waals surface area (Å²) in [6.45, 7) is 0.207. The summed E-state index contributed by atoms with van der Waals surface area (Å²) in [5.41, 5.74) is -1.76. The summed E-state index contributed by atoms with van der Waals surface area (Å²) in [5.74, 6) is 0.763. The highest BCUT2D eigenvalue weighted by Gasteiger charge is 2.32. The molecule has 0 bridgehead atoms. The summed E-state index contributed by atoms with van der Waals surface area (Å²) < 4.78 is 51.1. The second-order valence-electron chi connectivity index (χ2n) is 4.93. The molecule has 1 aliphatic rings. The zero-order valence-electron chi connectivity index (χ0n) is 10.6. The Kier molecular flexibility index (Phi) is 4.61. The van der Waals surface area contributed by atoms with Crippen molar-refractivity contribution in [1.82, 2.24) is 5.32 Å². The highest BCUT2D eigenvalue weighted by atomic mass is 32.2. The first kappa shape index (κ1) is 15.6. The number of nitrogens with one attached hydrogen (secondary N) is 1. The number of hydrogen-bond acceptors (Lipinski definition) is 3. The minimum absolute atomic E-state index is 0.0390. The van der Waals surface area contributed by atoms with Crippen LogP contribution in [0.4, 0.5) is 17.6 Å². The van der Waals surface area contributed by atoms with Gasteiger partial charge in [-0.2, -0.15) is 24.9 Å². The molecule has 2 nitrogen and oxygen atoms in total. The number of benzene rings is 1. The van der Waals surface area contributed by atoms with Gasteiger partial charge in [-0.05, 0) is 30.4 Å². The molecule has 1 atom stereocenters. The summed E-state index contributed by atoms with van der Waals surface area (Å²) in [5, 5.41) is 12.9. The molecule has 0 amide bonds. The van der Waals surface area contributed by atoms with Crippen LogP contribution in [0.3, 0.4) is 0 Å². The van der Waals surface area contributed by atoms with Crippen LogP contribution in [0.5, 0.6) is 0 Å². The van der Waals surface area contributed by atoms with Gasteiger partial charge < -0.3 is 10.4 Å². The fourth-order valence-corrected chi connectivity index (χ4v) is 3.35. The van der Waals surface area contributed by atoms with Crippen molar-refractivity contribution in [2.24, 2.45) is 0 Å². The molecule has 112 valence electrons. The maximum atomic E-state index is 13.5. The first-order valence-electron chi connectivity index (χ1n) is 6.17. The molecule has 2 rings (SSSR count). The Morgan fingerprint density at radius 3 is 2.70 bits per heavy atom. The van der Waals surface area contributed by atoms with Crippen LogP contribution in [-0.2, 0) is 12.7 Å². The lowest BCUT2D eigenvalue weighted by Crippen LogP contribution is -2.40. The molecule has 1 fully saturated rings. The van der Waals surface area contributed by atoms with Crippen molar-refractivity contribution in [2.75, 3.05) is 18.1 Å². The summed E-state index contributed by atoms with van der Waals surface area (Å²) in [6, 6.07) is 2.34. The second kappa shape index (κ2) is 5.91. The van der Waals surface area contributed by atoms with E-state index in [9.17, 15) is 22.7 Å². The Labute approximate surface area is 118 Å². The van der Waals surface area contributed by atoms with Gasteiger partial charge in [0.1, 0.15) is 5.82 Å². The third-order valence-electron chi connectivity index (χ3n) is 3.23. The quantitative estimate of drug-likeness (QED) is 0.839. The number of halogens is 4. The lowest BCUT2D eigenvalue weighted by Gasteiger charge is -2.21. The van der Waals surface area contributed by atoms with Gasteiger partial charge >= 0.3 is 6.18 Å². The number of aliphatic hydroxyl groups is 1. The van der Waals surface area contributed by atoms with E-state index in [0.717, 1.165) is 24.0 Å². The number of alkyl halides is 3. The largest absolute Gasteiger partial charge is 0.416 e. The molecule has 20 heavy (non-hydrogen) atoms. The van der Waals surface area contributed by atoms with Gasteiger partial charge in [0, 0.05) is 24.4 Å². The molecule has 1 heterocycles. The highest BCUT2D eigenvalue weighted by molar-refractivity contribution is 7.99. The Morgan fingerprint density at radius 1 is 1.35 bits per heavy atom. The predicted molar refractivity (Wildman–Crippen MR) is 70.0 cm³/mol. The van der Waals surface area contributed by atoms with Crippen LogP contribution in [0.2, 0.25) is 0 Å². The molecule has 0 aliphatic carbocycles. The summed E-state index contributed by atoms with van der Waals surface area (Å²) in [4.78, 5) is 0. The monoisotopic (exact) mass is 309 g/mol. The molecular weight excluding hydrogens is 294 g/mol. The van der Waals surface area contributed by atoms with Gasteiger partial charge in [-0.1, -0.05) is 0 Å². The SMILES string of the molecule is OC1(CNCc2cc(C(F)(F)F)ccc2F)CCSC1. The molecular formula is C13H15F4NOS. The van der Waals surface area contributed by atoms with Gasteiger partial charge in [-0.15, -0.1) is 0 Å². The van der Waals surface area contributed by atoms with Crippen molar-refractivity contribution in [3.05, 3.63) is 35.1 Å². The summed E-state index contributed by atoms with van der Waals surface area (Å²) in [7, 11) is 0. The maximum absolute atomic E-state index is 13.5. The topological polar surface area (TPSA) is 32.3 Å². The van der Waals surface area contributed by atoms with Crippen molar-refractivity contribution in [1.29, 1.82) is 0 Å². The van der Waals surface area contributed by atoms with Gasteiger partial charge in [0.15, 0.2) is 0 Å². The minimum Gasteiger partial charge on any atom is -0.388 e. The second-order valence-corrected chi connectivity index (χ2v) is 6.04. The van der Waals surface area contributed by atoms with Crippen molar-refractivity contribution in [2.45, 2.75) is 24.7 Å². The third-order valence-corrected chi connectivity index (χ3v) is 4.46. The van der Waals surface area contributed by atoms with Gasteiger partial charge in [-0.3, -0.25) is 0 Å². The van der Waals surface area contributed by atoms with Gasteiger partial charge in [0.25, 0.3) is 0 Å². The van der Waals surface area contributed by atoms with E-state index >= 15 is 0 Å². The van der Waals surface area contributed by atoms with Crippen molar-refractivity contribution in [3.63, 3.8) is 0 Å². The zero-order chi connectivity index (χ0) is 14.8. The Morgan fingerprint density at radius 2 is 2.10 bits per heavy atom. The standard InChI is InChI=1S/C13H15F4NOS/c14-11-2-1-10(13(15,16)17)5-9(11)6-18-7-12(19)3-4-20-8-12/h1-2,5,18-19H,3-4,6-8H2. The highest BCUT2D eigenvalue weighted by Crippen LogP contribution is 2.30. The third kappa shape index (κ3) is 3.86. The van der Waals surface area contributed by atoms with Crippen molar-refractivity contribution in [3.8, 4) is 0 Å². The van der Waals surface area contributed by atoms with Crippen molar-refractivity contribution < 1.29 is 22.7 Å². The van der Waals surface area contributed by atoms with Crippen LogP contribution in [0, 0.1) is 5.82 Å². The average Bonchev–Trinajstić information content (AvgIpc) is 2.77. The molecule has 2 N–H and O–H groups in total. The lowest BCUT2D eigenvalue weighted by atomic mass is 10.0. The van der Waals surface area contributed by atoms with E-state index in [4.69, 9.17) is 0 Å². The van der Waals surface area contributed by atoms with E-state index in [1.54, 1.807) is 11.8 Å². The van der Waals surface area contributed by atoms with E-state index in [2.05, 4.69) is 5.32 Å². The Balaban J connectivity index is 1.98.